The lowest BCUT2D eigenvalue weighted by Crippen LogP contribution is -2.34. The van der Waals surface area contributed by atoms with Crippen molar-refractivity contribution in [2.45, 2.75) is 52.0 Å². The highest BCUT2D eigenvalue weighted by atomic mass is 16.5. The van der Waals surface area contributed by atoms with Crippen molar-refractivity contribution in [1.82, 2.24) is 15.3 Å². The number of nitrogens with zero attached hydrogens (tertiary/aromatic N) is 2. The van der Waals surface area contributed by atoms with Crippen molar-refractivity contribution >= 4 is 0 Å². The number of hydrogen-bond donors (Lipinski definition) is 1. The second-order valence-corrected chi connectivity index (χ2v) is 5.07. The fraction of sp³-hybridized carbons (Fsp3) is 0.714. The summed E-state index contributed by atoms with van der Waals surface area (Å²) in [5, 5.41) is 3.55. The fourth-order valence-electron chi connectivity index (χ4n) is 2.42. The third kappa shape index (κ3) is 4.26. The van der Waals surface area contributed by atoms with Gasteiger partial charge in [0.1, 0.15) is 0 Å². The number of ether oxygens (including phenoxy) is 1. The quantitative estimate of drug-likeness (QED) is 0.814. The van der Waals surface area contributed by atoms with Crippen molar-refractivity contribution in [1.29, 1.82) is 0 Å². The Morgan fingerprint density at radius 3 is 2.72 bits per heavy atom. The molecule has 0 bridgehead atoms. The molecule has 1 aliphatic rings. The van der Waals surface area contributed by atoms with Gasteiger partial charge >= 0.3 is 6.01 Å². The molecular weight excluding hydrogens is 226 g/mol. The van der Waals surface area contributed by atoms with Crippen LogP contribution in [0.1, 0.15) is 43.5 Å². The Morgan fingerprint density at radius 2 is 2.06 bits per heavy atom. The molecule has 0 unspecified atom stereocenters. The Kier molecular flexibility index (Phi) is 4.93. The van der Waals surface area contributed by atoms with Crippen molar-refractivity contribution in [3.63, 3.8) is 0 Å². The minimum atomic E-state index is 0.518. The van der Waals surface area contributed by atoms with Gasteiger partial charge in [0.2, 0.25) is 0 Å². The zero-order chi connectivity index (χ0) is 12.8. The van der Waals surface area contributed by atoms with E-state index in [1.54, 1.807) is 0 Å². The van der Waals surface area contributed by atoms with Crippen molar-refractivity contribution in [3.8, 4) is 6.01 Å². The minimum absolute atomic E-state index is 0.518. The molecule has 0 radical (unpaired) electrons. The Labute approximate surface area is 109 Å². The van der Waals surface area contributed by atoms with E-state index in [1.807, 2.05) is 19.9 Å². The van der Waals surface area contributed by atoms with Gasteiger partial charge in [0.25, 0.3) is 0 Å². The zero-order valence-corrected chi connectivity index (χ0v) is 11.4. The summed E-state index contributed by atoms with van der Waals surface area (Å²) in [5.41, 5.74) is 1.93. The van der Waals surface area contributed by atoms with Gasteiger partial charge in [-0.3, -0.25) is 0 Å². The van der Waals surface area contributed by atoms with E-state index in [9.17, 15) is 0 Å². The van der Waals surface area contributed by atoms with E-state index in [0.717, 1.165) is 17.8 Å². The van der Waals surface area contributed by atoms with Gasteiger partial charge in [-0.2, -0.15) is 0 Å². The van der Waals surface area contributed by atoms with Crippen molar-refractivity contribution in [2.24, 2.45) is 0 Å². The van der Waals surface area contributed by atoms with Crippen LogP contribution in [0.2, 0.25) is 0 Å². The maximum atomic E-state index is 5.61. The first-order valence-electron chi connectivity index (χ1n) is 6.92. The van der Waals surface area contributed by atoms with Crippen LogP contribution in [0, 0.1) is 13.8 Å². The SMILES string of the molecule is Cc1cc(C)nc(OCCC[C@@H]2CCCCN2)n1. The van der Waals surface area contributed by atoms with Crippen molar-refractivity contribution < 1.29 is 4.74 Å². The fourth-order valence-corrected chi connectivity index (χ4v) is 2.42. The van der Waals surface area contributed by atoms with Crippen LogP contribution >= 0.6 is 0 Å². The highest BCUT2D eigenvalue weighted by molar-refractivity contribution is 5.10. The third-order valence-electron chi connectivity index (χ3n) is 3.30. The Hall–Kier alpha value is -1.16. The first kappa shape index (κ1) is 13.3. The van der Waals surface area contributed by atoms with Crippen LogP contribution in [0.4, 0.5) is 0 Å². The first-order valence-corrected chi connectivity index (χ1v) is 6.92. The molecule has 0 spiro atoms. The molecule has 1 N–H and O–H groups in total. The molecule has 0 amide bonds. The predicted molar refractivity (Wildman–Crippen MR) is 71.9 cm³/mol. The van der Waals surface area contributed by atoms with Gasteiger partial charge in [0, 0.05) is 17.4 Å². The summed E-state index contributed by atoms with van der Waals surface area (Å²) in [6, 6.07) is 3.16. The number of nitrogens with one attached hydrogen (secondary N) is 1. The monoisotopic (exact) mass is 249 g/mol. The molecule has 18 heavy (non-hydrogen) atoms. The summed E-state index contributed by atoms with van der Waals surface area (Å²) in [4.78, 5) is 8.54. The molecule has 1 atom stereocenters. The summed E-state index contributed by atoms with van der Waals surface area (Å²) in [6.45, 7) is 5.81. The van der Waals surface area contributed by atoms with Crippen molar-refractivity contribution in [3.05, 3.63) is 17.5 Å². The number of hydrogen-bond acceptors (Lipinski definition) is 4. The lowest BCUT2D eigenvalue weighted by atomic mass is 10.0. The lowest BCUT2D eigenvalue weighted by Gasteiger charge is -2.23. The van der Waals surface area contributed by atoms with Gasteiger partial charge < -0.3 is 10.1 Å². The molecule has 0 saturated carbocycles. The number of aryl methyl sites for hydroxylation is 2. The molecule has 4 nitrogen and oxygen atoms in total. The molecule has 1 aliphatic heterocycles. The predicted octanol–water partition coefficient (Wildman–Crippen LogP) is 2.39. The van der Waals surface area contributed by atoms with Gasteiger partial charge in [-0.05, 0) is 52.1 Å². The van der Waals surface area contributed by atoms with Gasteiger partial charge in [0.05, 0.1) is 6.61 Å². The van der Waals surface area contributed by atoms with E-state index in [1.165, 1.54) is 32.2 Å². The average molecular weight is 249 g/mol. The number of aromatic nitrogens is 2. The maximum absolute atomic E-state index is 5.61. The van der Waals surface area contributed by atoms with Crippen molar-refractivity contribution in [2.75, 3.05) is 13.2 Å². The Bertz CT molecular complexity index is 355. The topological polar surface area (TPSA) is 47.0 Å². The van der Waals surface area contributed by atoms with Crippen LogP contribution in [0.25, 0.3) is 0 Å². The first-order chi connectivity index (χ1) is 8.74. The Morgan fingerprint density at radius 1 is 1.28 bits per heavy atom. The molecule has 1 aromatic heterocycles. The summed E-state index contributed by atoms with van der Waals surface area (Å²) in [5.74, 6) is 0. The molecule has 4 heteroatoms. The summed E-state index contributed by atoms with van der Waals surface area (Å²) >= 11 is 0. The molecule has 1 fully saturated rings. The smallest absolute Gasteiger partial charge is 0.316 e. The number of rotatable bonds is 5. The minimum Gasteiger partial charge on any atom is -0.463 e. The van der Waals surface area contributed by atoms with E-state index < -0.39 is 0 Å². The average Bonchev–Trinajstić information content (AvgIpc) is 2.35. The highest BCUT2D eigenvalue weighted by Crippen LogP contribution is 2.12. The number of piperidine rings is 1. The molecule has 1 saturated heterocycles. The van der Waals surface area contributed by atoms with Gasteiger partial charge in [-0.25, -0.2) is 9.97 Å². The third-order valence-corrected chi connectivity index (χ3v) is 3.30. The van der Waals surface area contributed by atoms with E-state index in [2.05, 4.69) is 15.3 Å². The maximum Gasteiger partial charge on any atom is 0.316 e. The molecule has 1 aromatic rings. The van der Waals surface area contributed by atoms with Crippen LogP contribution in [0.15, 0.2) is 6.07 Å². The van der Waals surface area contributed by atoms with Crippen LogP contribution in [0.5, 0.6) is 6.01 Å². The molecule has 0 aliphatic carbocycles. The van der Waals surface area contributed by atoms with E-state index in [4.69, 9.17) is 4.74 Å². The van der Waals surface area contributed by atoms with Crippen LogP contribution in [-0.2, 0) is 0 Å². The van der Waals surface area contributed by atoms with Crippen LogP contribution < -0.4 is 10.1 Å². The zero-order valence-electron chi connectivity index (χ0n) is 11.4. The Balaban J connectivity index is 1.68. The second-order valence-electron chi connectivity index (χ2n) is 5.07. The second kappa shape index (κ2) is 6.69. The van der Waals surface area contributed by atoms with Crippen LogP contribution in [0.3, 0.4) is 0 Å². The molecule has 0 aromatic carbocycles. The normalized spacial score (nSPS) is 19.8. The molecule has 100 valence electrons. The van der Waals surface area contributed by atoms with Gasteiger partial charge in [0.15, 0.2) is 0 Å². The van der Waals surface area contributed by atoms with Crippen LogP contribution in [-0.4, -0.2) is 29.2 Å². The lowest BCUT2D eigenvalue weighted by molar-refractivity contribution is 0.266. The van der Waals surface area contributed by atoms with Gasteiger partial charge in [-0.1, -0.05) is 6.42 Å². The molecule has 2 heterocycles. The highest BCUT2D eigenvalue weighted by Gasteiger charge is 2.11. The summed E-state index contributed by atoms with van der Waals surface area (Å²) < 4.78 is 5.61. The standard InChI is InChI=1S/C14H23N3O/c1-11-10-12(2)17-14(16-11)18-9-5-7-13-6-3-4-8-15-13/h10,13,15H,3-9H2,1-2H3/t13-/m0/s1. The summed E-state index contributed by atoms with van der Waals surface area (Å²) in [7, 11) is 0. The molecule has 2 rings (SSSR count). The van der Waals surface area contributed by atoms with E-state index in [-0.39, 0.29) is 0 Å². The molecular formula is C14H23N3O. The van der Waals surface area contributed by atoms with E-state index >= 15 is 0 Å². The largest absolute Gasteiger partial charge is 0.463 e. The summed E-state index contributed by atoms with van der Waals surface area (Å²) in [6.07, 6.45) is 6.24. The van der Waals surface area contributed by atoms with Gasteiger partial charge in [-0.15, -0.1) is 0 Å². The van der Waals surface area contributed by atoms with E-state index in [0.29, 0.717) is 18.7 Å².